The molecule has 7 nitrogen and oxygen atoms in total. The second-order valence-corrected chi connectivity index (χ2v) is 7.53. The lowest BCUT2D eigenvalue weighted by atomic mass is 10.0. The van der Waals surface area contributed by atoms with E-state index < -0.39 is 6.04 Å². The van der Waals surface area contributed by atoms with Crippen LogP contribution in [0.3, 0.4) is 0 Å². The van der Waals surface area contributed by atoms with Crippen molar-refractivity contribution in [2.24, 2.45) is 0 Å². The number of H-pyrrole nitrogens is 1. The number of hydrogen-bond donors (Lipinski definition) is 2. The first-order valence-corrected chi connectivity index (χ1v) is 9.97. The molecule has 0 fully saturated rings. The third kappa shape index (κ3) is 4.25. The van der Waals surface area contributed by atoms with Crippen molar-refractivity contribution in [3.8, 4) is 11.5 Å². The summed E-state index contributed by atoms with van der Waals surface area (Å²) in [7, 11) is 1.72. The molecule has 0 saturated heterocycles. The molecule has 30 heavy (non-hydrogen) atoms. The molecule has 2 aromatic carbocycles. The van der Waals surface area contributed by atoms with E-state index in [9.17, 15) is 9.59 Å². The van der Waals surface area contributed by atoms with Gasteiger partial charge in [0.1, 0.15) is 12.6 Å². The lowest BCUT2D eigenvalue weighted by Gasteiger charge is -2.31. The molecule has 0 spiro atoms. The Morgan fingerprint density at radius 2 is 1.90 bits per heavy atom. The molecule has 0 bridgehead atoms. The molecule has 1 aliphatic heterocycles. The normalized spacial score (nSPS) is 16.1. The van der Waals surface area contributed by atoms with Gasteiger partial charge in [-0.15, -0.1) is 0 Å². The van der Waals surface area contributed by atoms with Crippen molar-refractivity contribution in [1.29, 1.82) is 0 Å². The Kier molecular flexibility index (Phi) is 5.61. The average molecular weight is 407 g/mol. The fourth-order valence-electron chi connectivity index (χ4n) is 3.78. The van der Waals surface area contributed by atoms with E-state index in [4.69, 9.17) is 9.47 Å². The summed E-state index contributed by atoms with van der Waals surface area (Å²) in [4.78, 5) is 29.7. The molecule has 1 aromatic heterocycles. The van der Waals surface area contributed by atoms with Crippen molar-refractivity contribution >= 4 is 22.7 Å². The number of likely N-dealkylation sites (N-methyl/N-ethyl adjacent to an activating group) is 1. The molecule has 2 N–H and O–H groups in total. The number of fused-ring (bicyclic) bond motifs is 2. The third-order valence-corrected chi connectivity index (χ3v) is 5.20. The second-order valence-electron chi connectivity index (χ2n) is 7.53. The number of carbonyl (C=O) groups is 2. The van der Waals surface area contributed by atoms with Crippen molar-refractivity contribution in [2.75, 3.05) is 20.2 Å². The summed E-state index contributed by atoms with van der Waals surface area (Å²) >= 11 is 0. The molecule has 4 rings (SSSR count). The van der Waals surface area contributed by atoms with Crippen molar-refractivity contribution in [3.05, 3.63) is 60.3 Å². The van der Waals surface area contributed by atoms with E-state index in [0.29, 0.717) is 31.1 Å². The largest absolute Gasteiger partial charge is 0.486 e. The van der Waals surface area contributed by atoms with Gasteiger partial charge in [0.05, 0.1) is 6.54 Å². The molecule has 0 aliphatic carbocycles. The van der Waals surface area contributed by atoms with Crippen LogP contribution in [0.4, 0.5) is 0 Å². The molecule has 2 atom stereocenters. The molecule has 3 aromatic rings. The zero-order valence-corrected chi connectivity index (χ0v) is 17.1. The summed E-state index contributed by atoms with van der Waals surface area (Å²) in [5.74, 6) is 0.968. The molecule has 0 unspecified atom stereocenters. The van der Waals surface area contributed by atoms with E-state index in [2.05, 4.69) is 10.3 Å². The number of nitrogens with one attached hydrogen (secondary N) is 2. The number of rotatable bonds is 6. The summed E-state index contributed by atoms with van der Waals surface area (Å²) < 4.78 is 11.7. The summed E-state index contributed by atoms with van der Waals surface area (Å²) in [5.41, 5.74) is 1.98. The van der Waals surface area contributed by atoms with Crippen molar-refractivity contribution in [2.45, 2.75) is 25.5 Å². The van der Waals surface area contributed by atoms with Crippen LogP contribution >= 0.6 is 0 Å². The SMILES string of the molecule is CC(=O)N[C@@H](Cc1c[nH]c2ccccc12)C(=O)N(C)C[C@@H]1COc2ccccc2O1. The average Bonchev–Trinajstić information content (AvgIpc) is 3.15. The van der Waals surface area contributed by atoms with Gasteiger partial charge in [-0.3, -0.25) is 9.59 Å². The van der Waals surface area contributed by atoms with Gasteiger partial charge in [-0.1, -0.05) is 30.3 Å². The highest BCUT2D eigenvalue weighted by Crippen LogP contribution is 2.31. The molecule has 2 amide bonds. The predicted molar refractivity (Wildman–Crippen MR) is 114 cm³/mol. The van der Waals surface area contributed by atoms with Gasteiger partial charge >= 0.3 is 0 Å². The number of aromatic nitrogens is 1. The molecule has 7 heteroatoms. The molecule has 156 valence electrons. The second kappa shape index (κ2) is 8.49. The van der Waals surface area contributed by atoms with Crippen LogP contribution in [-0.2, 0) is 16.0 Å². The van der Waals surface area contributed by atoms with E-state index in [0.717, 1.165) is 16.5 Å². The Morgan fingerprint density at radius 3 is 2.70 bits per heavy atom. The maximum absolute atomic E-state index is 13.2. The van der Waals surface area contributed by atoms with Crippen LogP contribution in [-0.4, -0.2) is 54.0 Å². The first-order chi connectivity index (χ1) is 14.5. The van der Waals surface area contributed by atoms with E-state index in [1.54, 1.807) is 11.9 Å². The molecule has 1 aliphatic rings. The highest BCUT2D eigenvalue weighted by atomic mass is 16.6. The van der Waals surface area contributed by atoms with E-state index in [1.165, 1.54) is 6.92 Å². The standard InChI is InChI=1S/C23H25N3O4/c1-15(27)25-20(11-16-12-24-19-8-4-3-7-18(16)19)23(28)26(2)13-17-14-29-21-9-5-6-10-22(21)30-17/h3-10,12,17,20,24H,11,13-14H2,1-2H3,(H,25,27)/t17-,20+/m1/s1. The molecular formula is C23H25N3O4. The van der Waals surface area contributed by atoms with Crippen LogP contribution in [0.15, 0.2) is 54.7 Å². The number of para-hydroxylation sites is 3. The quantitative estimate of drug-likeness (QED) is 0.658. The Morgan fingerprint density at radius 1 is 1.17 bits per heavy atom. The smallest absolute Gasteiger partial charge is 0.245 e. The first kappa shape index (κ1) is 19.8. The molecule has 0 radical (unpaired) electrons. The van der Waals surface area contributed by atoms with Gasteiger partial charge in [0, 0.05) is 37.5 Å². The summed E-state index contributed by atoms with van der Waals surface area (Å²) in [6.07, 6.45) is 2.01. The minimum atomic E-state index is -0.663. The number of ether oxygens (including phenoxy) is 2. The minimum absolute atomic E-state index is 0.169. The first-order valence-electron chi connectivity index (χ1n) is 9.97. The zero-order chi connectivity index (χ0) is 21.1. The van der Waals surface area contributed by atoms with E-state index in [1.807, 2.05) is 54.7 Å². The highest BCUT2D eigenvalue weighted by molar-refractivity contribution is 5.89. The van der Waals surface area contributed by atoms with Gasteiger partial charge in [0.2, 0.25) is 11.8 Å². The van der Waals surface area contributed by atoms with Gasteiger partial charge in [-0.25, -0.2) is 0 Å². The van der Waals surface area contributed by atoms with Gasteiger partial charge in [0.25, 0.3) is 0 Å². The van der Waals surface area contributed by atoms with Crippen LogP contribution in [0.2, 0.25) is 0 Å². The van der Waals surface area contributed by atoms with Crippen LogP contribution in [0.25, 0.3) is 10.9 Å². The van der Waals surface area contributed by atoms with E-state index in [-0.39, 0.29) is 17.9 Å². The fraction of sp³-hybridized carbons (Fsp3) is 0.304. The maximum atomic E-state index is 13.2. The fourth-order valence-corrected chi connectivity index (χ4v) is 3.78. The van der Waals surface area contributed by atoms with Gasteiger partial charge in [-0.05, 0) is 23.8 Å². The molecule has 2 heterocycles. The number of benzene rings is 2. The van der Waals surface area contributed by atoms with E-state index >= 15 is 0 Å². The lowest BCUT2D eigenvalue weighted by Crippen LogP contribution is -2.51. The summed E-state index contributed by atoms with van der Waals surface area (Å²) in [5, 5.41) is 3.85. The predicted octanol–water partition coefficient (Wildman–Crippen LogP) is 2.51. The summed E-state index contributed by atoms with van der Waals surface area (Å²) in [6, 6.07) is 14.7. The van der Waals surface area contributed by atoms with Gasteiger partial charge < -0.3 is 24.7 Å². The number of aromatic amines is 1. The van der Waals surface area contributed by atoms with Crippen molar-refractivity contribution in [3.63, 3.8) is 0 Å². The summed E-state index contributed by atoms with van der Waals surface area (Å²) in [6.45, 7) is 2.14. The lowest BCUT2D eigenvalue weighted by molar-refractivity contribution is -0.136. The third-order valence-electron chi connectivity index (χ3n) is 5.20. The maximum Gasteiger partial charge on any atom is 0.245 e. The Balaban J connectivity index is 1.45. The number of carbonyl (C=O) groups excluding carboxylic acids is 2. The van der Waals surface area contributed by atoms with Crippen molar-refractivity contribution in [1.82, 2.24) is 15.2 Å². The van der Waals surface area contributed by atoms with Crippen LogP contribution in [0.5, 0.6) is 11.5 Å². The van der Waals surface area contributed by atoms with Crippen molar-refractivity contribution < 1.29 is 19.1 Å². The Labute approximate surface area is 175 Å². The van der Waals surface area contributed by atoms with Gasteiger partial charge in [-0.2, -0.15) is 0 Å². The van der Waals surface area contributed by atoms with Gasteiger partial charge in [0.15, 0.2) is 17.6 Å². The van der Waals surface area contributed by atoms with Crippen LogP contribution in [0, 0.1) is 0 Å². The number of nitrogens with zero attached hydrogens (tertiary/aromatic N) is 1. The van der Waals surface area contributed by atoms with Crippen LogP contribution < -0.4 is 14.8 Å². The number of amides is 2. The molecule has 0 saturated carbocycles. The number of hydrogen-bond acceptors (Lipinski definition) is 4. The minimum Gasteiger partial charge on any atom is -0.486 e. The molecular weight excluding hydrogens is 382 g/mol. The highest BCUT2D eigenvalue weighted by Gasteiger charge is 2.28. The monoisotopic (exact) mass is 407 g/mol. The Bertz CT molecular complexity index is 1060. The topological polar surface area (TPSA) is 83.7 Å². The zero-order valence-electron chi connectivity index (χ0n) is 17.1. The Hall–Kier alpha value is -3.48. The van der Waals surface area contributed by atoms with Crippen LogP contribution in [0.1, 0.15) is 12.5 Å².